The Bertz CT molecular complexity index is 375. The number of hydrogen-bond donors (Lipinski definition) is 1. The molecular weight excluding hydrogens is 202 g/mol. The van der Waals surface area contributed by atoms with Crippen molar-refractivity contribution in [2.24, 2.45) is 11.7 Å². The van der Waals surface area contributed by atoms with Gasteiger partial charge in [0.15, 0.2) is 0 Å². The number of aromatic nitrogens is 2. The predicted octanol–water partition coefficient (Wildman–Crippen LogP) is 1.73. The first-order valence-electron chi connectivity index (χ1n) is 5.88. The summed E-state index contributed by atoms with van der Waals surface area (Å²) in [5, 5.41) is 8.15. The van der Waals surface area contributed by atoms with E-state index in [9.17, 15) is 0 Å². The minimum absolute atomic E-state index is 0.459. The van der Waals surface area contributed by atoms with Crippen LogP contribution in [0.5, 0.6) is 5.88 Å². The van der Waals surface area contributed by atoms with Gasteiger partial charge in [0.2, 0.25) is 5.88 Å². The zero-order valence-electron chi connectivity index (χ0n) is 9.99. The molecule has 0 unspecified atom stereocenters. The second kappa shape index (κ2) is 4.78. The molecule has 0 amide bonds. The normalized spacial score (nSPS) is 15.2. The van der Waals surface area contributed by atoms with Crippen LogP contribution in [0.15, 0.2) is 0 Å². The predicted molar refractivity (Wildman–Crippen MR) is 62.2 cm³/mol. The van der Waals surface area contributed by atoms with Gasteiger partial charge in [-0.25, -0.2) is 0 Å². The Morgan fingerprint density at radius 1 is 1.31 bits per heavy atom. The average molecular weight is 221 g/mol. The van der Waals surface area contributed by atoms with E-state index in [1.54, 1.807) is 0 Å². The van der Waals surface area contributed by atoms with Gasteiger partial charge in [0.05, 0.1) is 12.3 Å². The zero-order chi connectivity index (χ0) is 11.5. The first-order valence-corrected chi connectivity index (χ1v) is 5.88. The van der Waals surface area contributed by atoms with E-state index in [2.05, 4.69) is 10.2 Å². The van der Waals surface area contributed by atoms with Crippen molar-refractivity contribution in [2.45, 2.75) is 39.7 Å². The minimum Gasteiger partial charge on any atom is -0.476 e. The van der Waals surface area contributed by atoms with E-state index < -0.39 is 0 Å². The lowest BCUT2D eigenvalue weighted by molar-refractivity contribution is 0.284. The Morgan fingerprint density at radius 2 is 2.06 bits per heavy atom. The van der Waals surface area contributed by atoms with Crippen molar-refractivity contribution in [3.8, 4) is 5.88 Å². The Balaban J connectivity index is 2.03. The Morgan fingerprint density at radius 3 is 2.69 bits per heavy atom. The molecule has 0 saturated heterocycles. The van der Waals surface area contributed by atoms with Crippen molar-refractivity contribution in [3.63, 3.8) is 0 Å². The topological polar surface area (TPSA) is 61.0 Å². The first kappa shape index (κ1) is 11.3. The van der Waals surface area contributed by atoms with Crippen LogP contribution in [0.1, 0.15) is 36.1 Å². The van der Waals surface area contributed by atoms with E-state index in [0.717, 1.165) is 35.8 Å². The third kappa shape index (κ3) is 2.50. The summed E-state index contributed by atoms with van der Waals surface area (Å²) >= 11 is 0. The van der Waals surface area contributed by atoms with E-state index in [4.69, 9.17) is 10.5 Å². The summed E-state index contributed by atoms with van der Waals surface area (Å²) in [6.45, 7) is 5.14. The van der Waals surface area contributed by atoms with Gasteiger partial charge in [-0.15, -0.1) is 5.10 Å². The van der Waals surface area contributed by atoms with Crippen LogP contribution in [0.25, 0.3) is 0 Å². The maximum Gasteiger partial charge on any atom is 0.238 e. The number of hydrogen-bond acceptors (Lipinski definition) is 4. The smallest absolute Gasteiger partial charge is 0.238 e. The highest BCUT2D eigenvalue weighted by Crippen LogP contribution is 2.32. The van der Waals surface area contributed by atoms with Gasteiger partial charge < -0.3 is 10.5 Å². The van der Waals surface area contributed by atoms with Gasteiger partial charge in [-0.2, -0.15) is 5.10 Å². The van der Waals surface area contributed by atoms with Crippen molar-refractivity contribution < 1.29 is 4.74 Å². The van der Waals surface area contributed by atoms with Gasteiger partial charge in [-0.3, -0.25) is 0 Å². The molecule has 0 aliphatic heterocycles. The molecule has 0 aromatic carbocycles. The van der Waals surface area contributed by atoms with Crippen LogP contribution in [-0.4, -0.2) is 16.8 Å². The van der Waals surface area contributed by atoms with Gasteiger partial charge in [-0.05, 0) is 31.7 Å². The molecule has 88 valence electrons. The van der Waals surface area contributed by atoms with Crippen LogP contribution in [-0.2, 0) is 6.54 Å². The van der Waals surface area contributed by atoms with Crippen molar-refractivity contribution in [1.82, 2.24) is 10.2 Å². The molecule has 0 bridgehead atoms. The van der Waals surface area contributed by atoms with Crippen molar-refractivity contribution in [3.05, 3.63) is 16.8 Å². The van der Waals surface area contributed by atoms with Gasteiger partial charge in [0.25, 0.3) is 0 Å². The van der Waals surface area contributed by atoms with Crippen molar-refractivity contribution >= 4 is 0 Å². The molecule has 1 fully saturated rings. The lowest BCUT2D eigenvalue weighted by Gasteiger charge is -2.11. The highest BCUT2D eigenvalue weighted by atomic mass is 16.5. The van der Waals surface area contributed by atoms with Gasteiger partial charge in [-0.1, -0.05) is 12.8 Å². The quantitative estimate of drug-likeness (QED) is 0.822. The van der Waals surface area contributed by atoms with Crippen LogP contribution < -0.4 is 10.5 Å². The van der Waals surface area contributed by atoms with Crippen LogP contribution >= 0.6 is 0 Å². The molecule has 0 spiro atoms. The van der Waals surface area contributed by atoms with Gasteiger partial charge >= 0.3 is 0 Å². The largest absolute Gasteiger partial charge is 0.476 e. The molecule has 1 aliphatic rings. The molecule has 1 aromatic rings. The SMILES string of the molecule is Cc1nnc(OCCC2CC2)c(CN)c1C. The fraction of sp³-hybridized carbons (Fsp3) is 0.667. The summed E-state index contributed by atoms with van der Waals surface area (Å²) in [5.41, 5.74) is 8.73. The highest BCUT2D eigenvalue weighted by molar-refractivity contribution is 5.34. The number of nitrogens with two attached hydrogens (primary N) is 1. The molecule has 1 aliphatic carbocycles. The Labute approximate surface area is 96.2 Å². The van der Waals surface area contributed by atoms with Crippen LogP contribution in [0, 0.1) is 19.8 Å². The fourth-order valence-electron chi connectivity index (χ4n) is 1.72. The Kier molecular flexibility index (Phi) is 3.39. The number of nitrogens with zero attached hydrogens (tertiary/aromatic N) is 2. The van der Waals surface area contributed by atoms with E-state index in [1.807, 2.05) is 13.8 Å². The molecule has 2 rings (SSSR count). The second-order valence-electron chi connectivity index (χ2n) is 4.48. The van der Waals surface area contributed by atoms with Gasteiger partial charge in [0, 0.05) is 12.1 Å². The first-order chi connectivity index (χ1) is 7.72. The third-order valence-electron chi connectivity index (χ3n) is 3.21. The second-order valence-corrected chi connectivity index (χ2v) is 4.48. The lowest BCUT2D eigenvalue weighted by Crippen LogP contribution is -2.10. The molecular formula is C12H19N3O. The molecule has 0 atom stereocenters. The van der Waals surface area contributed by atoms with E-state index in [-0.39, 0.29) is 0 Å². The molecule has 4 heteroatoms. The monoisotopic (exact) mass is 221 g/mol. The molecule has 1 saturated carbocycles. The molecule has 0 radical (unpaired) electrons. The average Bonchev–Trinajstić information content (AvgIpc) is 3.08. The minimum atomic E-state index is 0.459. The van der Waals surface area contributed by atoms with Gasteiger partial charge in [0.1, 0.15) is 0 Å². The van der Waals surface area contributed by atoms with Crippen LogP contribution in [0.3, 0.4) is 0 Å². The number of ether oxygens (including phenoxy) is 1. The Hall–Kier alpha value is -1.16. The van der Waals surface area contributed by atoms with E-state index >= 15 is 0 Å². The summed E-state index contributed by atoms with van der Waals surface area (Å²) in [6, 6.07) is 0. The fourth-order valence-corrected chi connectivity index (χ4v) is 1.72. The molecule has 2 N–H and O–H groups in total. The summed E-state index contributed by atoms with van der Waals surface area (Å²) in [4.78, 5) is 0. The summed E-state index contributed by atoms with van der Waals surface area (Å²) < 4.78 is 5.66. The summed E-state index contributed by atoms with van der Waals surface area (Å²) in [6.07, 6.45) is 3.83. The maximum atomic E-state index is 5.72. The lowest BCUT2D eigenvalue weighted by atomic mass is 10.1. The van der Waals surface area contributed by atoms with E-state index in [1.165, 1.54) is 12.8 Å². The molecule has 4 nitrogen and oxygen atoms in total. The summed E-state index contributed by atoms with van der Waals surface area (Å²) in [7, 11) is 0. The molecule has 1 heterocycles. The molecule has 1 aromatic heterocycles. The van der Waals surface area contributed by atoms with Crippen LogP contribution in [0.4, 0.5) is 0 Å². The zero-order valence-corrected chi connectivity index (χ0v) is 9.99. The summed E-state index contributed by atoms with van der Waals surface area (Å²) in [5.74, 6) is 1.49. The van der Waals surface area contributed by atoms with E-state index in [0.29, 0.717) is 12.4 Å². The number of rotatable bonds is 5. The standard InChI is InChI=1S/C12H19N3O/c1-8-9(2)14-15-12(11(8)7-13)16-6-5-10-3-4-10/h10H,3-7,13H2,1-2H3. The maximum absolute atomic E-state index is 5.72. The van der Waals surface area contributed by atoms with Crippen molar-refractivity contribution in [2.75, 3.05) is 6.61 Å². The van der Waals surface area contributed by atoms with Crippen molar-refractivity contribution in [1.29, 1.82) is 0 Å². The molecule has 16 heavy (non-hydrogen) atoms. The third-order valence-corrected chi connectivity index (χ3v) is 3.21. The highest BCUT2D eigenvalue weighted by Gasteiger charge is 2.21. The van der Waals surface area contributed by atoms with Crippen LogP contribution in [0.2, 0.25) is 0 Å². The number of aryl methyl sites for hydroxylation is 1.